The molecule has 0 unspecified atom stereocenters. The normalized spacial score (nSPS) is 12.3. The van der Waals surface area contributed by atoms with Crippen LogP contribution < -0.4 is 20.3 Å². The Hall–Kier alpha value is -6.75. The zero-order valence-electron chi connectivity index (χ0n) is 40.7. The molecule has 0 saturated carbocycles. The zero-order valence-corrected chi connectivity index (χ0v) is 41.5. The molecule has 16 nitrogen and oxygen atoms in total. The SMILES string of the molecule is CC.COC(=O)c1cc(C(=O)NCC(C)C)ccc1-c1cc2c(cc1C(=O)Nc1ccc3nc(N(C(=O)OC(C)(C)C)C(=O)OC(C)(C)C)n(C(=O)OC(C)(C)C)c3c1)-c1sccc1CCO2. The number of hydrogen-bond acceptors (Lipinski definition) is 13. The topological polar surface area (TPSA) is 194 Å². The molecule has 0 radical (unpaired) electrons. The summed E-state index contributed by atoms with van der Waals surface area (Å²) < 4.78 is 29.3. The fourth-order valence-electron chi connectivity index (χ4n) is 6.75. The first kappa shape index (κ1) is 51.2. The van der Waals surface area contributed by atoms with E-state index in [1.165, 1.54) is 42.7 Å². The van der Waals surface area contributed by atoms with Crippen LogP contribution in [0.5, 0.6) is 5.75 Å². The van der Waals surface area contributed by atoms with Crippen LogP contribution in [-0.2, 0) is 25.4 Å². The van der Waals surface area contributed by atoms with Gasteiger partial charge in [-0.15, -0.1) is 16.2 Å². The van der Waals surface area contributed by atoms with Gasteiger partial charge in [0.05, 0.1) is 30.3 Å². The van der Waals surface area contributed by atoms with Crippen molar-refractivity contribution in [1.29, 1.82) is 0 Å². The second-order valence-corrected chi connectivity index (χ2v) is 19.7. The van der Waals surface area contributed by atoms with Gasteiger partial charge in [0.1, 0.15) is 22.6 Å². The van der Waals surface area contributed by atoms with Crippen molar-refractivity contribution in [2.24, 2.45) is 5.92 Å². The van der Waals surface area contributed by atoms with E-state index < -0.39 is 52.9 Å². The Kier molecular flexibility index (Phi) is 15.6. The van der Waals surface area contributed by atoms with Gasteiger partial charge in [-0.3, -0.25) is 9.59 Å². The Morgan fingerprint density at radius 1 is 0.776 bits per heavy atom. The predicted octanol–water partition coefficient (Wildman–Crippen LogP) is 11.3. The largest absolute Gasteiger partial charge is 0.493 e. The molecule has 3 heterocycles. The summed E-state index contributed by atoms with van der Waals surface area (Å²) in [6.45, 7) is 23.4. The van der Waals surface area contributed by atoms with Crippen LogP contribution in [0.1, 0.15) is 127 Å². The number of amides is 4. The van der Waals surface area contributed by atoms with Crippen molar-refractivity contribution in [2.45, 2.75) is 113 Å². The minimum absolute atomic E-state index is 0.0406. The van der Waals surface area contributed by atoms with Crippen LogP contribution in [0, 0.1) is 5.92 Å². The van der Waals surface area contributed by atoms with Gasteiger partial charge in [-0.1, -0.05) is 33.8 Å². The quantitative estimate of drug-likeness (QED) is 0.111. The summed E-state index contributed by atoms with van der Waals surface area (Å²) in [5.74, 6) is -1.53. The molecule has 0 atom stereocenters. The first-order valence-corrected chi connectivity index (χ1v) is 22.9. The molecule has 0 aliphatic carbocycles. The molecule has 1 aliphatic heterocycles. The number of benzene rings is 3. The van der Waals surface area contributed by atoms with E-state index in [1.54, 1.807) is 86.6 Å². The number of carbonyl (C=O) groups excluding carboxylic acids is 6. The Labute approximate surface area is 395 Å². The Bertz CT molecular complexity index is 2670. The van der Waals surface area contributed by atoms with Crippen LogP contribution >= 0.6 is 11.3 Å². The van der Waals surface area contributed by atoms with E-state index in [0.717, 1.165) is 15.0 Å². The van der Waals surface area contributed by atoms with E-state index in [1.807, 2.05) is 39.1 Å². The molecular weight excluding hydrogens is 879 g/mol. The molecule has 1 aliphatic rings. The lowest BCUT2D eigenvalue weighted by molar-refractivity contribution is 0.0422. The summed E-state index contributed by atoms with van der Waals surface area (Å²) in [6, 6.07) is 14.5. The first-order chi connectivity index (χ1) is 31.3. The molecule has 5 aromatic rings. The Balaban J connectivity index is 0.00000414. The maximum atomic E-state index is 14.8. The fourth-order valence-corrected chi connectivity index (χ4v) is 7.73. The number of hydrogen-bond donors (Lipinski definition) is 2. The number of rotatable bonds is 8. The number of thiophene rings is 1. The van der Waals surface area contributed by atoms with E-state index in [2.05, 4.69) is 15.6 Å². The number of aromatic nitrogens is 2. The van der Waals surface area contributed by atoms with Gasteiger partial charge >= 0.3 is 24.2 Å². The highest BCUT2D eigenvalue weighted by Gasteiger charge is 2.39. The van der Waals surface area contributed by atoms with Crippen molar-refractivity contribution in [3.63, 3.8) is 0 Å². The molecule has 0 saturated heterocycles. The molecule has 4 amide bonds. The average molecular weight is 940 g/mol. The highest BCUT2D eigenvalue weighted by molar-refractivity contribution is 7.13. The summed E-state index contributed by atoms with van der Waals surface area (Å²) in [5.41, 5.74) is -0.0567. The van der Waals surface area contributed by atoms with Crippen LogP contribution in [0.25, 0.3) is 32.6 Å². The van der Waals surface area contributed by atoms with Crippen molar-refractivity contribution in [3.05, 3.63) is 82.2 Å². The molecule has 2 N–H and O–H groups in total. The number of nitrogens with zero attached hydrogens (tertiary/aromatic N) is 3. The number of imide groups is 1. The van der Waals surface area contributed by atoms with E-state index in [9.17, 15) is 28.8 Å². The minimum atomic E-state index is -1.16. The van der Waals surface area contributed by atoms with Gasteiger partial charge in [-0.2, -0.15) is 0 Å². The van der Waals surface area contributed by atoms with Gasteiger partial charge in [0.2, 0.25) is 5.95 Å². The molecule has 17 heteroatoms. The number of methoxy groups -OCH3 is 1. The van der Waals surface area contributed by atoms with Gasteiger partial charge in [0.15, 0.2) is 0 Å². The van der Waals surface area contributed by atoms with Gasteiger partial charge in [0.25, 0.3) is 11.8 Å². The van der Waals surface area contributed by atoms with E-state index in [4.69, 9.17) is 23.7 Å². The Morgan fingerprint density at radius 3 is 2.01 bits per heavy atom. The number of carbonyl (C=O) groups is 6. The fraction of sp³-hybridized carbons (Fsp3) is 0.420. The van der Waals surface area contributed by atoms with E-state index in [0.29, 0.717) is 46.9 Å². The monoisotopic (exact) mass is 939 g/mol. The van der Waals surface area contributed by atoms with Gasteiger partial charge in [-0.25, -0.2) is 28.7 Å². The molecule has 2 aromatic heterocycles. The predicted molar refractivity (Wildman–Crippen MR) is 259 cm³/mol. The van der Waals surface area contributed by atoms with Crippen LogP contribution in [0.4, 0.5) is 26.0 Å². The number of anilines is 2. The molecule has 3 aromatic carbocycles. The van der Waals surface area contributed by atoms with Crippen LogP contribution in [-0.4, -0.2) is 82.7 Å². The lowest BCUT2D eigenvalue weighted by Crippen LogP contribution is -2.45. The summed E-state index contributed by atoms with van der Waals surface area (Å²) in [4.78, 5) is 89.2. The summed E-state index contributed by atoms with van der Waals surface area (Å²) in [6.07, 6.45) is -2.69. The number of imidazole rings is 1. The molecule has 67 heavy (non-hydrogen) atoms. The minimum Gasteiger partial charge on any atom is -0.493 e. The van der Waals surface area contributed by atoms with E-state index >= 15 is 0 Å². The summed E-state index contributed by atoms with van der Waals surface area (Å²) in [7, 11) is 1.23. The van der Waals surface area contributed by atoms with Crippen molar-refractivity contribution >= 4 is 70.1 Å². The summed E-state index contributed by atoms with van der Waals surface area (Å²) in [5, 5.41) is 7.77. The molecule has 0 spiro atoms. The average Bonchev–Trinajstić information content (AvgIpc) is 3.81. The molecule has 0 bridgehead atoms. The lowest BCUT2D eigenvalue weighted by Gasteiger charge is -2.28. The first-order valence-electron chi connectivity index (χ1n) is 22.1. The third kappa shape index (κ3) is 12.4. The third-order valence-corrected chi connectivity index (χ3v) is 10.4. The van der Waals surface area contributed by atoms with Crippen LogP contribution in [0.3, 0.4) is 0 Å². The number of ether oxygens (including phenoxy) is 5. The second-order valence-electron chi connectivity index (χ2n) is 18.8. The van der Waals surface area contributed by atoms with E-state index in [-0.39, 0.29) is 45.2 Å². The summed E-state index contributed by atoms with van der Waals surface area (Å²) >= 11 is 1.50. The van der Waals surface area contributed by atoms with Gasteiger partial charge < -0.3 is 34.3 Å². The van der Waals surface area contributed by atoms with Crippen LogP contribution in [0.2, 0.25) is 0 Å². The number of nitrogens with one attached hydrogen (secondary N) is 2. The van der Waals surface area contributed by atoms with Crippen molar-refractivity contribution in [1.82, 2.24) is 14.9 Å². The highest BCUT2D eigenvalue weighted by atomic mass is 32.1. The van der Waals surface area contributed by atoms with Crippen molar-refractivity contribution < 1.29 is 52.5 Å². The molecule has 0 fully saturated rings. The number of fused-ring (bicyclic) bond motifs is 4. The smallest absolute Gasteiger partial charge is 0.427 e. The highest BCUT2D eigenvalue weighted by Crippen LogP contribution is 2.44. The molecule has 358 valence electrons. The van der Waals surface area contributed by atoms with Gasteiger partial charge in [-0.05, 0) is 139 Å². The van der Waals surface area contributed by atoms with Crippen molar-refractivity contribution in [2.75, 3.05) is 30.5 Å². The maximum Gasteiger partial charge on any atom is 0.427 e. The second kappa shape index (κ2) is 20.4. The zero-order chi connectivity index (χ0) is 49.8. The van der Waals surface area contributed by atoms with Crippen molar-refractivity contribution in [3.8, 4) is 27.3 Å². The van der Waals surface area contributed by atoms with Gasteiger partial charge in [0, 0.05) is 40.2 Å². The van der Waals surface area contributed by atoms with Crippen LogP contribution in [0.15, 0.2) is 60.0 Å². The molecular formula is C50H61N5O11S. The maximum absolute atomic E-state index is 14.8. The third-order valence-electron chi connectivity index (χ3n) is 9.46. The number of esters is 1. The lowest BCUT2D eigenvalue weighted by atomic mass is 9.91. The standard InChI is InChI=1S/C48H55N5O11S.C2H6/c1-26(2)25-49-39(54)28-13-15-30(33(21-28)41(56)60-12)31-24-37-34(38-27(17-19-61-37)18-20-65-38)23-32(31)40(55)50-29-14-16-35-36(22-29)52(43(57)62-46(3,4)5)42(51-35)53(44(58)63-47(6,7)8)45(59)64-48(9,10)11;1-2/h13-16,18,20-24,26H,17,19,25H2,1-12H3,(H,49,54)(H,50,55);1-2H3. The Morgan fingerprint density at radius 2 is 1.42 bits per heavy atom. The molecule has 6 rings (SSSR count).